The zero-order valence-corrected chi connectivity index (χ0v) is 19.0. The molecule has 2 amide bonds. The summed E-state index contributed by atoms with van der Waals surface area (Å²) in [5, 5.41) is 12.3. The molecule has 1 aliphatic heterocycles. The first kappa shape index (κ1) is 22.0. The largest absolute Gasteiger partial charge is 0.497 e. The van der Waals surface area contributed by atoms with Crippen molar-refractivity contribution in [1.82, 2.24) is 15.1 Å². The molecule has 4 rings (SSSR count). The van der Waals surface area contributed by atoms with Gasteiger partial charge < -0.3 is 9.64 Å². The molecule has 0 radical (unpaired) electrons. The number of carbonyl (C=O) groups is 2. The second-order valence-corrected chi connectivity index (χ2v) is 8.67. The highest BCUT2D eigenvalue weighted by Gasteiger charge is 2.37. The van der Waals surface area contributed by atoms with Crippen LogP contribution in [0.5, 0.6) is 5.75 Å². The Bertz CT molecular complexity index is 1090. The average Bonchev–Trinajstić information content (AvgIpc) is 3.50. The fourth-order valence-corrected chi connectivity index (χ4v) is 4.82. The number of amides is 2. The number of rotatable bonds is 7. The normalized spacial score (nSPS) is 16.6. The van der Waals surface area contributed by atoms with Crippen molar-refractivity contribution in [3.05, 3.63) is 60.2 Å². The molecular weight excluding hydrogens is 424 g/mol. The molecule has 1 aliphatic rings. The molecule has 0 spiro atoms. The number of hydrogen-bond acceptors (Lipinski definition) is 6. The number of ether oxygens (including phenoxy) is 1. The van der Waals surface area contributed by atoms with Crippen molar-refractivity contribution in [2.24, 2.45) is 0 Å². The van der Waals surface area contributed by atoms with E-state index in [1.807, 2.05) is 61.5 Å². The Kier molecular flexibility index (Phi) is 6.80. The first-order valence-corrected chi connectivity index (χ1v) is 11.6. The lowest BCUT2D eigenvalue weighted by atomic mass is 9.94. The van der Waals surface area contributed by atoms with Gasteiger partial charge in [0.15, 0.2) is 0 Å². The van der Waals surface area contributed by atoms with Crippen LogP contribution in [-0.4, -0.2) is 46.6 Å². The summed E-state index contributed by atoms with van der Waals surface area (Å²) in [6, 6.07) is 16.8. The van der Waals surface area contributed by atoms with E-state index in [1.54, 1.807) is 12.0 Å². The van der Waals surface area contributed by atoms with E-state index in [4.69, 9.17) is 4.74 Å². The molecule has 8 heteroatoms. The fraction of sp³-hybridized carbons (Fsp3) is 0.333. The van der Waals surface area contributed by atoms with Crippen molar-refractivity contribution in [3.63, 3.8) is 0 Å². The summed E-state index contributed by atoms with van der Waals surface area (Å²) >= 11 is 1.30. The van der Waals surface area contributed by atoms with Crippen LogP contribution in [0, 0.1) is 0 Å². The second kappa shape index (κ2) is 9.91. The quantitative estimate of drug-likeness (QED) is 0.579. The first-order valence-electron chi connectivity index (χ1n) is 10.7. The van der Waals surface area contributed by atoms with Crippen molar-refractivity contribution in [1.29, 1.82) is 0 Å². The third kappa shape index (κ3) is 4.65. The highest BCUT2D eigenvalue weighted by Crippen LogP contribution is 2.31. The smallest absolute Gasteiger partial charge is 0.249 e. The third-order valence-corrected chi connectivity index (χ3v) is 6.61. The molecule has 0 aliphatic carbocycles. The molecule has 2 unspecified atom stereocenters. The summed E-state index contributed by atoms with van der Waals surface area (Å²) in [6.45, 7) is 2.59. The molecule has 32 heavy (non-hydrogen) atoms. The number of nitrogens with one attached hydrogen (secondary N) is 1. The van der Waals surface area contributed by atoms with Gasteiger partial charge in [-0.05, 0) is 37.0 Å². The Balaban J connectivity index is 1.46. The summed E-state index contributed by atoms with van der Waals surface area (Å²) in [4.78, 5) is 28.1. The topological polar surface area (TPSA) is 84.4 Å². The highest BCUT2D eigenvalue weighted by atomic mass is 32.1. The van der Waals surface area contributed by atoms with E-state index in [0.29, 0.717) is 29.5 Å². The number of aromatic nitrogens is 2. The van der Waals surface area contributed by atoms with E-state index in [1.165, 1.54) is 11.3 Å². The van der Waals surface area contributed by atoms with Gasteiger partial charge in [-0.15, -0.1) is 10.2 Å². The van der Waals surface area contributed by atoms with Gasteiger partial charge in [-0.1, -0.05) is 60.7 Å². The van der Waals surface area contributed by atoms with Crippen LogP contribution < -0.4 is 10.1 Å². The van der Waals surface area contributed by atoms with Crippen LogP contribution >= 0.6 is 11.3 Å². The van der Waals surface area contributed by atoms with Crippen LogP contribution in [0.1, 0.15) is 37.7 Å². The van der Waals surface area contributed by atoms with Gasteiger partial charge in [-0.2, -0.15) is 0 Å². The number of likely N-dealkylation sites (tertiary alicyclic amines) is 1. The highest BCUT2D eigenvalue weighted by molar-refractivity contribution is 7.18. The Morgan fingerprint density at radius 2 is 2.00 bits per heavy atom. The van der Waals surface area contributed by atoms with Gasteiger partial charge in [0.05, 0.1) is 13.0 Å². The van der Waals surface area contributed by atoms with Crippen LogP contribution in [0.3, 0.4) is 0 Å². The minimum Gasteiger partial charge on any atom is -0.497 e. The van der Waals surface area contributed by atoms with Crippen molar-refractivity contribution in [3.8, 4) is 16.3 Å². The number of benzene rings is 2. The van der Waals surface area contributed by atoms with Gasteiger partial charge in [-0.3, -0.25) is 14.9 Å². The van der Waals surface area contributed by atoms with Crippen molar-refractivity contribution < 1.29 is 14.3 Å². The first-order chi connectivity index (χ1) is 15.6. The summed E-state index contributed by atoms with van der Waals surface area (Å²) in [5.41, 5.74) is 1.85. The molecule has 1 fully saturated rings. The van der Waals surface area contributed by atoms with Gasteiger partial charge in [0.2, 0.25) is 16.9 Å². The van der Waals surface area contributed by atoms with Crippen molar-refractivity contribution in [2.75, 3.05) is 19.0 Å². The SMILES string of the molecule is CCC(C(=O)N1CCCC1C(=O)Nc1nnc(-c2cccc(OC)c2)s1)c1ccccc1. The zero-order valence-electron chi connectivity index (χ0n) is 18.2. The molecule has 2 aromatic carbocycles. The van der Waals surface area contributed by atoms with E-state index < -0.39 is 6.04 Å². The molecule has 2 heterocycles. The standard InChI is InChI=1S/C24H26N4O3S/c1-3-19(16-9-5-4-6-10-16)23(30)28-14-8-13-20(28)21(29)25-24-27-26-22(32-24)17-11-7-12-18(15-17)31-2/h4-7,9-12,15,19-20H,3,8,13-14H2,1-2H3,(H,25,27,29). The number of nitrogens with zero attached hydrogens (tertiary/aromatic N) is 3. The fourth-order valence-electron chi connectivity index (χ4n) is 4.08. The molecule has 1 aromatic heterocycles. The van der Waals surface area contributed by atoms with Crippen LogP contribution in [0.2, 0.25) is 0 Å². The number of carbonyl (C=O) groups excluding carboxylic acids is 2. The Morgan fingerprint density at radius 1 is 1.19 bits per heavy atom. The molecule has 1 N–H and O–H groups in total. The van der Waals surface area contributed by atoms with E-state index in [9.17, 15) is 9.59 Å². The maximum absolute atomic E-state index is 13.3. The van der Waals surface area contributed by atoms with E-state index in [-0.39, 0.29) is 17.7 Å². The lowest BCUT2D eigenvalue weighted by molar-refractivity contribution is -0.138. The Hall–Kier alpha value is -3.26. The van der Waals surface area contributed by atoms with Crippen LogP contribution in [0.15, 0.2) is 54.6 Å². The predicted octanol–water partition coefficient (Wildman–Crippen LogP) is 4.34. The molecule has 2 atom stereocenters. The van der Waals surface area contributed by atoms with Gasteiger partial charge in [-0.25, -0.2) is 0 Å². The molecule has 3 aromatic rings. The van der Waals surface area contributed by atoms with Crippen LogP contribution in [0.4, 0.5) is 5.13 Å². The summed E-state index contributed by atoms with van der Waals surface area (Å²) < 4.78 is 5.26. The Morgan fingerprint density at radius 3 is 2.75 bits per heavy atom. The minimum atomic E-state index is -0.496. The number of methoxy groups -OCH3 is 1. The van der Waals surface area contributed by atoms with E-state index in [2.05, 4.69) is 15.5 Å². The van der Waals surface area contributed by atoms with Gasteiger partial charge in [0.25, 0.3) is 0 Å². The molecule has 166 valence electrons. The van der Waals surface area contributed by atoms with Crippen molar-refractivity contribution in [2.45, 2.75) is 38.1 Å². The summed E-state index contributed by atoms with van der Waals surface area (Å²) in [6.07, 6.45) is 2.14. The summed E-state index contributed by atoms with van der Waals surface area (Å²) in [5.74, 6) is 0.274. The maximum Gasteiger partial charge on any atom is 0.249 e. The predicted molar refractivity (Wildman–Crippen MR) is 125 cm³/mol. The molecule has 7 nitrogen and oxygen atoms in total. The average molecular weight is 451 g/mol. The van der Waals surface area contributed by atoms with Gasteiger partial charge in [0, 0.05) is 12.1 Å². The van der Waals surface area contributed by atoms with Gasteiger partial charge in [0.1, 0.15) is 16.8 Å². The van der Waals surface area contributed by atoms with Crippen LogP contribution in [-0.2, 0) is 9.59 Å². The number of anilines is 1. The molecule has 0 saturated carbocycles. The second-order valence-electron chi connectivity index (χ2n) is 7.69. The van der Waals surface area contributed by atoms with Gasteiger partial charge >= 0.3 is 0 Å². The third-order valence-electron chi connectivity index (χ3n) is 5.72. The molecular formula is C24H26N4O3S. The number of hydrogen-bond donors (Lipinski definition) is 1. The minimum absolute atomic E-state index is 0.00526. The Labute approximate surface area is 191 Å². The zero-order chi connectivity index (χ0) is 22.5. The lowest BCUT2D eigenvalue weighted by Crippen LogP contribution is -2.45. The van der Waals surface area contributed by atoms with Crippen molar-refractivity contribution >= 4 is 28.3 Å². The van der Waals surface area contributed by atoms with Crippen LogP contribution in [0.25, 0.3) is 10.6 Å². The lowest BCUT2D eigenvalue weighted by Gasteiger charge is -2.27. The van der Waals surface area contributed by atoms with E-state index >= 15 is 0 Å². The monoisotopic (exact) mass is 450 g/mol. The maximum atomic E-state index is 13.3. The molecule has 1 saturated heterocycles. The van der Waals surface area contributed by atoms with E-state index in [0.717, 1.165) is 23.3 Å². The molecule has 0 bridgehead atoms. The summed E-state index contributed by atoms with van der Waals surface area (Å²) in [7, 11) is 1.61.